The van der Waals surface area contributed by atoms with Gasteiger partial charge in [-0.05, 0) is 30.7 Å². The average molecular weight is 311 g/mol. The molecule has 1 fully saturated rings. The smallest absolute Gasteiger partial charge is 0.161 e. The van der Waals surface area contributed by atoms with Crippen LogP contribution in [0.5, 0.6) is 11.5 Å². The maximum absolute atomic E-state index is 5.41. The summed E-state index contributed by atoms with van der Waals surface area (Å²) in [7, 11) is 3.34. The van der Waals surface area contributed by atoms with E-state index in [2.05, 4.69) is 24.4 Å². The third-order valence-corrected chi connectivity index (χ3v) is 4.83. The van der Waals surface area contributed by atoms with Gasteiger partial charge in [-0.25, -0.2) is 0 Å². The molecule has 1 N–H and O–H groups in total. The van der Waals surface area contributed by atoms with Crippen molar-refractivity contribution < 1.29 is 14.2 Å². The number of methoxy groups -OCH3 is 2. The highest BCUT2D eigenvalue weighted by Gasteiger charge is 2.21. The molecule has 1 aromatic rings. The van der Waals surface area contributed by atoms with Gasteiger partial charge in [-0.2, -0.15) is 11.8 Å². The lowest BCUT2D eigenvalue weighted by molar-refractivity contribution is 0.0455. The van der Waals surface area contributed by atoms with E-state index in [1.807, 2.05) is 17.8 Å². The third-order valence-electron chi connectivity index (χ3n) is 3.56. The van der Waals surface area contributed by atoms with Gasteiger partial charge in [0.15, 0.2) is 11.5 Å². The third kappa shape index (κ3) is 4.53. The monoisotopic (exact) mass is 311 g/mol. The minimum Gasteiger partial charge on any atom is -0.493 e. The van der Waals surface area contributed by atoms with E-state index in [4.69, 9.17) is 14.2 Å². The highest BCUT2D eigenvalue weighted by atomic mass is 32.2. The van der Waals surface area contributed by atoms with Crippen molar-refractivity contribution in [3.63, 3.8) is 0 Å². The molecule has 21 heavy (non-hydrogen) atoms. The van der Waals surface area contributed by atoms with Crippen molar-refractivity contribution in [1.82, 2.24) is 5.32 Å². The zero-order valence-electron chi connectivity index (χ0n) is 13.1. The Labute approximate surface area is 131 Å². The van der Waals surface area contributed by atoms with Crippen LogP contribution in [0.15, 0.2) is 18.2 Å². The van der Waals surface area contributed by atoms with Crippen LogP contribution in [0.2, 0.25) is 0 Å². The van der Waals surface area contributed by atoms with Crippen LogP contribution in [0.3, 0.4) is 0 Å². The van der Waals surface area contributed by atoms with Crippen LogP contribution < -0.4 is 14.8 Å². The number of nitrogens with one attached hydrogen (secondary N) is 1. The number of rotatable bonds is 9. The molecule has 1 aliphatic rings. The quantitative estimate of drug-likeness (QED) is 0.759. The van der Waals surface area contributed by atoms with Crippen LogP contribution in [0, 0.1) is 0 Å². The zero-order chi connectivity index (χ0) is 15.1. The van der Waals surface area contributed by atoms with Gasteiger partial charge >= 0.3 is 0 Å². The maximum atomic E-state index is 5.41. The lowest BCUT2D eigenvalue weighted by Gasteiger charge is -2.28. The predicted molar refractivity (Wildman–Crippen MR) is 87.6 cm³/mol. The normalized spacial score (nSPS) is 16.3. The first-order valence-corrected chi connectivity index (χ1v) is 8.48. The van der Waals surface area contributed by atoms with Crippen molar-refractivity contribution in [1.29, 1.82) is 0 Å². The van der Waals surface area contributed by atoms with Gasteiger partial charge in [0, 0.05) is 11.8 Å². The molecule has 1 saturated heterocycles. The summed E-state index contributed by atoms with van der Waals surface area (Å²) in [6.45, 7) is 4.97. The summed E-state index contributed by atoms with van der Waals surface area (Å²) < 4.78 is 16.0. The van der Waals surface area contributed by atoms with Crippen molar-refractivity contribution in [3.05, 3.63) is 23.8 Å². The lowest BCUT2D eigenvalue weighted by atomic mass is 10.1. The van der Waals surface area contributed by atoms with Gasteiger partial charge in [-0.15, -0.1) is 0 Å². The predicted octanol–water partition coefficient (Wildman–Crippen LogP) is 2.88. The Morgan fingerprint density at radius 2 is 2.05 bits per heavy atom. The molecule has 1 unspecified atom stereocenters. The number of hydrogen-bond donors (Lipinski definition) is 1. The van der Waals surface area contributed by atoms with Crippen molar-refractivity contribution >= 4 is 11.8 Å². The summed E-state index contributed by atoms with van der Waals surface area (Å²) in [5, 5.41) is 4.27. The van der Waals surface area contributed by atoms with E-state index in [9.17, 15) is 0 Å². The average Bonchev–Trinajstić information content (AvgIpc) is 2.48. The first-order valence-electron chi connectivity index (χ1n) is 7.43. The molecule has 4 nitrogen and oxygen atoms in total. The van der Waals surface area contributed by atoms with Gasteiger partial charge in [0.2, 0.25) is 0 Å². The van der Waals surface area contributed by atoms with Crippen molar-refractivity contribution in [2.45, 2.75) is 24.6 Å². The summed E-state index contributed by atoms with van der Waals surface area (Å²) in [4.78, 5) is 0. The van der Waals surface area contributed by atoms with Gasteiger partial charge in [0.25, 0.3) is 0 Å². The molecule has 118 valence electrons. The first kappa shape index (κ1) is 16.5. The van der Waals surface area contributed by atoms with E-state index in [0.717, 1.165) is 43.4 Å². The number of ether oxygens (including phenoxy) is 3. The molecule has 1 aromatic carbocycles. The van der Waals surface area contributed by atoms with Crippen LogP contribution in [-0.2, 0) is 4.74 Å². The molecule has 0 aliphatic carbocycles. The highest BCUT2D eigenvalue weighted by Crippen LogP contribution is 2.32. The van der Waals surface area contributed by atoms with E-state index in [-0.39, 0.29) is 0 Å². The number of benzene rings is 1. The maximum Gasteiger partial charge on any atom is 0.161 e. The molecular formula is C16H25NO3S. The van der Waals surface area contributed by atoms with Crippen molar-refractivity contribution in [2.24, 2.45) is 0 Å². The zero-order valence-corrected chi connectivity index (χ0v) is 13.9. The van der Waals surface area contributed by atoms with E-state index in [1.54, 1.807) is 14.2 Å². The molecular weight excluding hydrogens is 286 g/mol. The molecule has 0 saturated carbocycles. The Kier molecular flexibility index (Phi) is 6.67. The Morgan fingerprint density at radius 1 is 1.29 bits per heavy atom. The van der Waals surface area contributed by atoms with E-state index in [0.29, 0.717) is 11.3 Å². The van der Waals surface area contributed by atoms with E-state index >= 15 is 0 Å². The molecule has 0 spiro atoms. The van der Waals surface area contributed by atoms with Gasteiger partial charge in [-0.1, -0.05) is 13.0 Å². The number of thioether (sulfide) groups is 1. The largest absolute Gasteiger partial charge is 0.493 e. The minimum atomic E-state index is 0.329. The molecule has 5 heteroatoms. The standard InChI is InChI=1S/C16H25NO3S/c1-4-7-17-14(11-21-13-9-20-10-13)12-5-6-15(18-2)16(8-12)19-3/h5-6,8,13-14,17H,4,7,9-11H2,1-3H3. The SMILES string of the molecule is CCCNC(CSC1COC1)c1ccc(OC)c(OC)c1. The van der Waals surface area contributed by atoms with Crippen LogP contribution in [0.25, 0.3) is 0 Å². The Morgan fingerprint density at radius 3 is 2.62 bits per heavy atom. The molecule has 1 atom stereocenters. The van der Waals surface area contributed by atoms with Gasteiger partial charge < -0.3 is 19.5 Å². The van der Waals surface area contributed by atoms with E-state index in [1.165, 1.54) is 5.56 Å². The molecule has 2 rings (SSSR count). The molecule has 0 radical (unpaired) electrons. The first-order chi connectivity index (χ1) is 10.3. The molecule has 0 bridgehead atoms. The van der Waals surface area contributed by atoms with Crippen LogP contribution in [-0.4, -0.2) is 45.0 Å². The van der Waals surface area contributed by atoms with Crippen molar-refractivity contribution in [2.75, 3.05) is 39.7 Å². The molecule has 0 aromatic heterocycles. The van der Waals surface area contributed by atoms with E-state index < -0.39 is 0 Å². The summed E-state index contributed by atoms with van der Waals surface area (Å²) in [5.41, 5.74) is 1.24. The second-order valence-electron chi connectivity index (χ2n) is 5.11. The van der Waals surface area contributed by atoms with Crippen LogP contribution in [0.4, 0.5) is 0 Å². The molecule has 1 heterocycles. The number of hydrogen-bond acceptors (Lipinski definition) is 5. The second-order valence-corrected chi connectivity index (χ2v) is 6.45. The lowest BCUT2D eigenvalue weighted by Crippen LogP contribution is -2.32. The topological polar surface area (TPSA) is 39.7 Å². The fourth-order valence-corrected chi connectivity index (χ4v) is 3.36. The fraction of sp³-hybridized carbons (Fsp3) is 0.625. The summed E-state index contributed by atoms with van der Waals surface area (Å²) in [5.74, 6) is 2.61. The van der Waals surface area contributed by atoms with Crippen LogP contribution >= 0.6 is 11.8 Å². The fourth-order valence-electron chi connectivity index (χ4n) is 2.20. The van der Waals surface area contributed by atoms with Gasteiger partial charge in [0.05, 0.1) is 32.7 Å². The highest BCUT2D eigenvalue weighted by molar-refractivity contribution is 8.00. The van der Waals surface area contributed by atoms with Crippen LogP contribution in [0.1, 0.15) is 24.9 Å². The summed E-state index contributed by atoms with van der Waals surface area (Å²) in [6, 6.07) is 6.50. The molecule has 1 aliphatic heterocycles. The minimum absolute atomic E-state index is 0.329. The Hall–Kier alpha value is -0.910. The Balaban J connectivity index is 2.06. The summed E-state index contributed by atoms with van der Waals surface area (Å²) >= 11 is 1.98. The Bertz CT molecular complexity index is 438. The van der Waals surface area contributed by atoms with Gasteiger partial charge in [-0.3, -0.25) is 0 Å². The van der Waals surface area contributed by atoms with Gasteiger partial charge in [0.1, 0.15) is 0 Å². The van der Waals surface area contributed by atoms with Crippen molar-refractivity contribution in [3.8, 4) is 11.5 Å². The second kappa shape index (κ2) is 8.51. The summed E-state index contributed by atoms with van der Waals surface area (Å²) in [6.07, 6.45) is 1.13. The molecule has 0 amide bonds.